The molecule has 12 heavy (non-hydrogen) atoms. The second-order valence-electron chi connectivity index (χ2n) is 2.71. The Morgan fingerprint density at radius 2 is 2.00 bits per heavy atom. The second kappa shape index (κ2) is 4.82. The quantitative estimate of drug-likeness (QED) is 0.583. The molecule has 0 spiro atoms. The van der Waals surface area contributed by atoms with Crippen molar-refractivity contribution in [3.05, 3.63) is 0 Å². The van der Waals surface area contributed by atoms with Crippen LogP contribution in [0.2, 0.25) is 0 Å². The second-order valence-corrected chi connectivity index (χ2v) is 2.71. The first-order chi connectivity index (χ1) is 5.49. The van der Waals surface area contributed by atoms with Gasteiger partial charge in [-0.2, -0.15) is 0 Å². The number of hydrogen-bond donors (Lipinski definition) is 2. The van der Waals surface area contributed by atoms with Gasteiger partial charge in [0.05, 0.1) is 12.0 Å². The zero-order chi connectivity index (χ0) is 9.72. The number of amides is 1. The first kappa shape index (κ1) is 11.0. The van der Waals surface area contributed by atoms with Gasteiger partial charge >= 0.3 is 0 Å². The van der Waals surface area contributed by atoms with Crippen LogP contribution in [0.5, 0.6) is 0 Å². The summed E-state index contributed by atoms with van der Waals surface area (Å²) in [5.74, 6) is -1.96. The highest BCUT2D eigenvalue weighted by Gasteiger charge is 2.20. The molecule has 2 atom stereocenters. The summed E-state index contributed by atoms with van der Waals surface area (Å²) in [6.07, 6.45) is -0.0127. The van der Waals surface area contributed by atoms with E-state index in [2.05, 4.69) is 0 Å². The van der Waals surface area contributed by atoms with E-state index < -0.39 is 24.5 Å². The maximum Gasteiger partial charge on any atom is 0.223 e. The largest absolute Gasteiger partial charge is 0.369 e. The van der Waals surface area contributed by atoms with Crippen molar-refractivity contribution in [1.82, 2.24) is 0 Å². The molecule has 2 unspecified atom stereocenters. The molecule has 0 bridgehead atoms. The molecular weight excluding hydrogens is 162 g/mol. The molecule has 0 aromatic carbocycles. The van der Waals surface area contributed by atoms with E-state index in [-0.39, 0.29) is 12.2 Å². The van der Waals surface area contributed by atoms with Gasteiger partial charge in [0.1, 0.15) is 12.5 Å². The van der Waals surface area contributed by atoms with Gasteiger partial charge in [0.25, 0.3) is 0 Å². The van der Waals surface area contributed by atoms with Crippen molar-refractivity contribution in [3.8, 4) is 0 Å². The van der Waals surface area contributed by atoms with Crippen molar-refractivity contribution in [1.29, 1.82) is 0 Å². The van der Waals surface area contributed by atoms with Crippen LogP contribution < -0.4 is 11.5 Å². The SMILES string of the molecule is CC(=O)C(N)CC(C[18F])C(N)=O. The lowest BCUT2D eigenvalue weighted by atomic mass is 9.99. The van der Waals surface area contributed by atoms with E-state index in [9.17, 15) is 14.0 Å². The number of alkyl halides is 1. The van der Waals surface area contributed by atoms with E-state index >= 15 is 0 Å². The molecule has 70 valence electrons. The fourth-order valence-electron chi connectivity index (χ4n) is 0.728. The molecule has 0 aliphatic rings. The van der Waals surface area contributed by atoms with Gasteiger partial charge in [-0.3, -0.25) is 14.0 Å². The number of primary amides is 1. The highest BCUT2D eigenvalue weighted by molar-refractivity contribution is 5.83. The van der Waals surface area contributed by atoms with Crippen LogP contribution in [0, 0.1) is 5.92 Å². The Bertz CT molecular complexity index is 184. The van der Waals surface area contributed by atoms with Gasteiger partial charge in [-0.05, 0) is 13.3 Å². The summed E-state index contributed by atoms with van der Waals surface area (Å²) in [5.41, 5.74) is 10.2. The van der Waals surface area contributed by atoms with E-state index in [0.717, 1.165) is 0 Å². The summed E-state index contributed by atoms with van der Waals surface area (Å²) in [6, 6.07) is -0.793. The number of carbonyl (C=O) groups is 2. The van der Waals surface area contributed by atoms with E-state index in [4.69, 9.17) is 11.5 Å². The fourth-order valence-corrected chi connectivity index (χ4v) is 0.728. The van der Waals surface area contributed by atoms with E-state index in [1.807, 2.05) is 0 Å². The average Bonchev–Trinajstić information content (AvgIpc) is 1.98. The van der Waals surface area contributed by atoms with Crippen molar-refractivity contribution in [2.24, 2.45) is 17.4 Å². The minimum absolute atomic E-state index is 0.0127. The number of carbonyl (C=O) groups excluding carboxylic acids is 2. The third kappa shape index (κ3) is 3.43. The molecule has 0 aromatic heterocycles. The fraction of sp³-hybridized carbons (Fsp3) is 0.714. The molecule has 1 amide bonds. The van der Waals surface area contributed by atoms with E-state index in [1.165, 1.54) is 6.92 Å². The number of ketones is 1. The molecule has 0 aliphatic heterocycles. The Morgan fingerprint density at radius 3 is 2.25 bits per heavy atom. The van der Waals surface area contributed by atoms with Gasteiger partial charge < -0.3 is 11.5 Å². The number of rotatable bonds is 5. The summed E-state index contributed by atoms with van der Waals surface area (Å²) in [6.45, 7) is 0.428. The highest BCUT2D eigenvalue weighted by Crippen LogP contribution is 2.06. The molecule has 0 aliphatic carbocycles. The van der Waals surface area contributed by atoms with Crippen LogP contribution in [0.3, 0.4) is 0 Å². The van der Waals surface area contributed by atoms with Crippen molar-refractivity contribution >= 4 is 11.7 Å². The van der Waals surface area contributed by atoms with Gasteiger partial charge in [-0.1, -0.05) is 0 Å². The Balaban J connectivity index is 4.02. The lowest BCUT2D eigenvalue weighted by molar-refractivity contribution is -0.123. The Labute approximate surface area is 70.1 Å². The minimum atomic E-state index is -0.941. The van der Waals surface area contributed by atoms with Crippen molar-refractivity contribution < 1.29 is 14.0 Å². The van der Waals surface area contributed by atoms with E-state index in [0.29, 0.717) is 0 Å². The van der Waals surface area contributed by atoms with Gasteiger partial charge in [0.2, 0.25) is 5.91 Å². The predicted molar refractivity (Wildman–Crippen MR) is 41.9 cm³/mol. The van der Waals surface area contributed by atoms with Crippen LogP contribution in [0.1, 0.15) is 13.3 Å². The van der Waals surface area contributed by atoms with Crippen LogP contribution >= 0.6 is 0 Å². The topological polar surface area (TPSA) is 86.2 Å². The average molecular weight is 175 g/mol. The number of Topliss-reactive ketones (excluding diaryl/α,β-unsaturated/α-hetero) is 1. The maximum absolute atomic E-state index is 12.1. The third-order valence-corrected chi connectivity index (χ3v) is 1.65. The minimum Gasteiger partial charge on any atom is -0.369 e. The molecule has 0 heterocycles. The summed E-state index contributed by atoms with van der Waals surface area (Å²) in [7, 11) is 0. The summed E-state index contributed by atoms with van der Waals surface area (Å²) >= 11 is 0. The molecule has 0 aromatic rings. The van der Waals surface area contributed by atoms with Gasteiger partial charge in [0, 0.05) is 0 Å². The van der Waals surface area contributed by atoms with Crippen molar-refractivity contribution in [2.45, 2.75) is 19.4 Å². The lowest BCUT2D eigenvalue weighted by Gasteiger charge is -2.12. The maximum atomic E-state index is 12.1. The molecule has 0 saturated carbocycles. The zero-order valence-electron chi connectivity index (χ0n) is 6.92. The monoisotopic (exact) mass is 175 g/mol. The first-order valence-electron chi connectivity index (χ1n) is 3.60. The van der Waals surface area contributed by atoms with E-state index in [1.54, 1.807) is 0 Å². The smallest absolute Gasteiger partial charge is 0.223 e. The summed E-state index contributed by atoms with van der Waals surface area (Å²) in [5, 5.41) is 0. The zero-order valence-corrected chi connectivity index (χ0v) is 6.92. The lowest BCUT2D eigenvalue weighted by Crippen LogP contribution is -2.36. The Hall–Kier alpha value is -0.970. The molecule has 5 heteroatoms. The standard InChI is InChI=1S/C7H13FN2O2/c1-4(11)6(9)2-5(3-8)7(10)12/h5-6H,2-3,9H2,1H3,(H2,10,12)/i8-1. The molecule has 0 saturated heterocycles. The number of hydrogen-bond acceptors (Lipinski definition) is 3. The van der Waals surface area contributed by atoms with Gasteiger partial charge in [0.15, 0.2) is 0 Å². The first-order valence-corrected chi connectivity index (χ1v) is 3.60. The summed E-state index contributed by atoms with van der Waals surface area (Å²) in [4.78, 5) is 21.1. The molecule has 0 rings (SSSR count). The van der Waals surface area contributed by atoms with Crippen LogP contribution in [-0.4, -0.2) is 24.4 Å². The number of halogens is 1. The third-order valence-electron chi connectivity index (χ3n) is 1.65. The molecular formula is C7H13FN2O2. The molecule has 4 nitrogen and oxygen atoms in total. The Morgan fingerprint density at radius 1 is 1.50 bits per heavy atom. The van der Waals surface area contributed by atoms with Crippen molar-refractivity contribution in [2.75, 3.05) is 6.67 Å². The van der Waals surface area contributed by atoms with Gasteiger partial charge in [-0.15, -0.1) is 0 Å². The normalized spacial score (nSPS) is 15.2. The van der Waals surface area contributed by atoms with Crippen molar-refractivity contribution in [3.63, 3.8) is 0 Å². The molecule has 4 N–H and O–H groups in total. The highest BCUT2D eigenvalue weighted by atomic mass is 18.2. The molecule has 0 fully saturated rings. The van der Waals surface area contributed by atoms with Gasteiger partial charge in [-0.25, -0.2) is 0 Å². The predicted octanol–water partition coefficient (Wildman–Crippen LogP) is -0.636. The van der Waals surface area contributed by atoms with Crippen LogP contribution in [-0.2, 0) is 9.59 Å². The Kier molecular flexibility index (Phi) is 4.43. The number of nitrogens with two attached hydrogens (primary N) is 2. The van der Waals surface area contributed by atoms with Crippen LogP contribution in [0.25, 0.3) is 0 Å². The van der Waals surface area contributed by atoms with Crippen LogP contribution in [0.15, 0.2) is 0 Å². The van der Waals surface area contributed by atoms with Crippen LogP contribution in [0.4, 0.5) is 4.39 Å². The summed E-state index contributed by atoms with van der Waals surface area (Å²) < 4.78 is 12.1. The molecule has 0 radical (unpaired) electrons.